The van der Waals surface area contributed by atoms with Crippen LogP contribution in [0, 0.1) is 0 Å². The summed E-state index contributed by atoms with van der Waals surface area (Å²) in [4.78, 5) is 27.5. The Bertz CT molecular complexity index is 575. The van der Waals surface area contributed by atoms with Crippen LogP contribution in [0.15, 0.2) is 30.3 Å². The van der Waals surface area contributed by atoms with E-state index in [1.165, 1.54) is 6.08 Å². The zero-order chi connectivity index (χ0) is 15.9. The van der Waals surface area contributed by atoms with Gasteiger partial charge in [-0.1, -0.05) is 23.7 Å². The van der Waals surface area contributed by atoms with Crippen molar-refractivity contribution >= 4 is 41.1 Å². The SMILES string of the molecule is O=C(C=Cc1cccc(Cl)c1)N1CCC(=O)N(CCCl)CC1. The smallest absolute Gasteiger partial charge is 0.246 e. The Morgan fingerprint density at radius 1 is 1.27 bits per heavy atom. The van der Waals surface area contributed by atoms with E-state index >= 15 is 0 Å². The van der Waals surface area contributed by atoms with Crippen LogP contribution in [0.2, 0.25) is 5.02 Å². The largest absolute Gasteiger partial charge is 0.340 e. The standard InChI is InChI=1S/C16H18Cl2N2O2/c17-7-9-20-11-10-19(8-6-16(20)22)15(21)5-4-13-2-1-3-14(18)12-13/h1-5,12H,6-11H2. The molecule has 1 aliphatic heterocycles. The minimum Gasteiger partial charge on any atom is -0.340 e. The molecule has 22 heavy (non-hydrogen) atoms. The van der Waals surface area contributed by atoms with E-state index in [4.69, 9.17) is 23.2 Å². The maximum Gasteiger partial charge on any atom is 0.246 e. The lowest BCUT2D eigenvalue weighted by Gasteiger charge is -2.20. The highest BCUT2D eigenvalue weighted by Gasteiger charge is 2.22. The lowest BCUT2D eigenvalue weighted by Crippen LogP contribution is -2.36. The minimum absolute atomic E-state index is 0.0507. The number of carbonyl (C=O) groups excluding carboxylic acids is 2. The molecule has 2 rings (SSSR count). The monoisotopic (exact) mass is 340 g/mol. The van der Waals surface area contributed by atoms with Crippen LogP contribution in [0.25, 0.3) is 6.08 Å². The first-order valence-corrected chi connectivity index (χ1v) is 8.07. The van der Waals surface area contributed by atoms with E-state index in [1.807, 2.05) is 12.1 Å². The molecule has 0 atom stereocenters. The minimum atomic E-state index is -0.0968. The van der Waals surface area contributed by atoms with Gasteiger partial charge in [0.2, 0.25) is 11.8 Å². The van der Waals surface area contributed by atoms with Crippen molar-refractivity contribution in [3.63, 3.8) is 0 Å². The zero-order valence-electron chi connectivity index (χ0n) is 12.2. The molecule has 0 N–H and O–H groups in total. The molecule has 0 unspecified atom stereocenters. The van der Waals surface area contributed by atoms with Crippen molar-refractivity contribution in [1.82, 2.24) is 9.80 Å². The van der Waals surface area contributed by atoms with Crippen LogP contribution in [0.1, 0.15) is 12.0 Å². The van der Waals surface area contributed by atoms with Gasteiger partial charge in [0.25, 0.3) is 0 Å². The number of benzene rings is 1. The first kappa shape index (κ1) is 16.8. The van der Waals surface area contributed by atoms with Crippen molar-refractivity contribution in [2.24, 2.45) is 0 Å². The number of nitrogens with zero attached hydrogens (tertiary/aromatic N) is 2. The molecule has 2 amide bonds. The molecular formula is C16H18Cl2N2O2. The molecule has 0 spiro atoms. The van der Waals surface area contributed by atoms with E-state index in [0.29, 0.717) is 43.5 Å². The van der Waals surface area contributed by atoms with Gasteiger partial charge >= 0.3 is 0 Å². The number of rotatable bonds is 4. The van der Waals surface area contributed by atoms with Gasteiger partial charge in [-0.05, 0) is 23.8 Å². The summed E-state index contributed by atoms with van der Waals surface area (Å²) in [5.74, 6) is 0.365. The predicted molar refractivity (Wildman–Crippen MR) is 89.0 cm³/mol. The summed E-state index contributed by atoms with van der Waals surface area (Å²) in [6.45, 7) is 2.03. The molecule has 1 saturated heterocycles. The third-order valence-corrected chi connectivity index (χ3v) is 3.93. The Kier molecular flexibility index (Phi) is 6.28. The van der Waals surface area contributed by atoms with Crippen molar-refractivity contribution < 1.29 is 9.59 Å². The first-order chi connectivity index (χ1) is 10.6. The van der Waals surface area contributed by atoms with Crippen molar-refractivity contribution in [3.8, 4) is 0 Å². The number of alkyl halides is 1. The molecule has 1 fully saturated rings. The normalized spacial score (nSPS) is 16.2. The molecule has 118 valence electrons. The highest BCUT2D eigenvalue weighted by molar-refractivity contribution is 6.30. The van der Waals surface area contributed by atoms with E-state index in [0.717, 1.165) is 5.56 Å². The van der Waals surface area contributed by atoms with Gasteiger partial charge in [0, 0.05) is 49.6 Å². The lowest BCUT2D eigenvalue weighted by molar-refractivity contribution is -0.130. The topological polar surface area (TPSA) is 40.6 Å². The summed E-state index contributed by atoms with van der Waals surface area (Å²) in [6.07, 6.45) is 3.60. The van der Waals surface area contributed by atoms with E-state index in [2.05, 4.69) is 0 Å². The van der Waals surface area contributed by atoms with Gasteiger partial charge in [-0.3, -0.25) is 9.59 Å². The molecule has 0 bridgehead atoms. The van der Waals surface area contributed by atoms with Gasteiger partial charge in [0.15, 0.2) is 0 Å². The van der Waals surface area contributed by atoms with Gasteiger partial charge < -0.3 is 9.80 Å². The summed E-state index contributed by atoms with van der Waals surface area (Å²) < 4.78 is 0. The highest BCUT2D eigenvalue weighted by Crippen LogP contribution is 2.12. The van der Waals surface area contributed by atoms with Crippen molar-refractivity contribution in [1.29, 1.82) is 0 Å². The number of amides is 2. The molecule has 6 heteroatoms. The number of hydrogen-bond acceptors (Lipinski definition) is 2. The molecule has 0 aromatic heterocycles. The fourth-order valence-electron chi connectivity index (χ4n) is 2.31. The molecule has 0 saturated carbocycles. The van der Waals surface area contributed by atoms with Crippen LogP contribution in [-0.4, -0.2) is 53.7 Å². The van der Waals surface area contributed by atoms with Crippen LogP contribution in [-0.2, 0) is 9.59 Å². The van der Waals surface area contributed by atoms with Crippen LogP contribution in [0.5, 0.6) is 0 Å². The average Bonchev–Trinajstić information content (AvgIpc) is 2.68. The number of hydrogen-bond donors (Lipinski definition) is 0. The van der Waals surface area contributed by atoms with Gasteiger partial charge in [-0.2, -0.15) is 0 Å². The lowest BCUT2D eigenvalue weighted by atomic mass is 10.2. The molecule has 1 aliphatic rings. The molecule has 1 aromatic rings. The third kappa shape index (κ3) is 4.75. The average molecular weight is 341 g/mol. The summed E-state index contributed by atoms with van der Waals surface area (Å²) in [7, 11) is 0. The van der Waals surface area contributed by atoms with E-state index in [9.17, 15) is 9.59 Å². The third-order valence-electron chi connectivity index (χ3n) is 3.52. The molecule has 1 aromatic carbocycles. The maximum atomic E-state index is 12.2. The zero-order valence-corrected chi connectivity index (χ0v) is 13.7. The van der Waals surface area contributed by atoms with Crippen molar-refractivity contribution in [2.45, 2.75) is 6.42 Å². The van der Waals surface area contributed by atoms with Crippen LogP contribution >= 0.6 is 23.2 Å². The Labute approximate surface area is 140 Å². The van der Waals surface area contributed by atoms with Gasteiger partial charge in [0.1, 0.15) is 0 Å². The summed E-state index contributed by atoms with van der Waals surface area (Å²) in [5, 5.41) is 0.631. The fourth-order valence-corrected chi connectivity index (χ4v) is 2.71. The molecule has 0 aliphatic carbocycles. The Morgan fingerprint density at radius 3 is 2.82 bits per heavy atom. The molecular weight excluding hydrogens is 323 g/mol. The summed E-state index contributed by atoms with van der Waals surface area (Å²) >= 11 is 11.6. The van der Waals surface area contributed by atoms with Crippen LogP contribution in [0.3, 0.4) is 0 Å². The fraction of sp³-hybridized carbons (Fsp3) is 0.375. The summed E-state index contributed by atoms with van der Waals surface area (Å²) in [6, 6.07) is 7.29. The second-order valence-electron chi connectivity index (χ2n) is 5.03. The second kappa shape index (κ2) is 8.20. The molecule has 1 heterocycles. The van der Waals surface area contributed by atoms with Crippen LogP contribution < -0.4 is 0 Å². The second-order valence-corrected chi connectivity index (χ2v) is 5.85. The van der Waals surface area contributed by atoms with Crippen molar-refractivity contribution in [2.75, 3.05) is 32.1 Å². The quantitative estimate of drug-likeness (QED) is 0.624. The van der Waals surface area contributed by atoms with E-state index < -0.39 is 0 Å². The van der Waals surface area contributed by atoms with Gasteiger partial charge in [0.05, 0.1) is 0 Å². The van der Waals surface area contributed by atoms with Crippen LogP contribution in [0.4, 0.5) is 0 Å². The highest BCUT2D eigenvalue weighted by atomic mass is 35.5. The molecule has 4 nitrogen and oxygen atoms in total. The Morgan fingerprint density at radius 2 is 2.09 bits per heavy atom. The number of halogens is 2. The van der Waals surface area contributed by atoms with Gasteiger partial charge in [-0.25, -0.2) is 0 Å². The Balaban J connectivity index is 1.96. The Hall–Kier alpha value is -1.52. The first-order valence-electron chi connectivity index (χ1n) is 7.16. The van der Waals surface area contributed by atoms with Gasteiger partial charge in [-0.15, -0.1) is 11.6 Å². The van der Waals surface area contributed by atoms with E-state index in [-0.39, 0.29) is 11.8 Å². The predicted octanol–water partition coefficient (Wildman–Crippen LogP) is 2.65. The van der Waals surface area contributed by atoms with Crippen molar-refractivity contribution in [3.05, 3.63) is 40.9 Å². The summed E-state index contributed by atoms with van der Waals surface area (Å²) in [5.41, 5.74) is 0.871. The van der Waals surface area contributed by atoms with E-state index in [1.54, 1.807) is 28.0 Å². The molecule has 0 radical (unpaired) electrons. The number of carbonyl (C=O) groups is 2. The maximum absolute atomic E-state index is 12.2.